The highest BCUT2D eigenvalue weighted by molar-refractivity contribution is 5.79. The molecule has 0 aliphatic carbocycles. The highest BCUT2D eigenvalue weighted by Gasteiger charge is 2.12. The van der Waals surface area contributed by atoms with Gasteiger partial charge >= 0.3 is 0 Å². The van der Waals surface area contributed by atoms with Gasteiger partial charge in [0.2, 0.25) is 0 Å². The first-order chi connectivity index (χ1) is 10.7. The Kier molecular flexibility index (Phi) is 4.05. The average Bonchev–Trinajstić information content (AvgIpc) is 2.55. The van der Waals surface area contributed by atoms with Crippen molar-refractivity contribution in [1.29, 1.82) is 0 Å². The predicted molar refractivity (Wildman–Crippen MR) is 91.1 cm³/mol. The molecular weight excluding hydrogens is 272 g/mol. The van der Waals surface area contributed by atoms with E-state index in [1.54, 1.807) is 0 Å². The van der Waals surface area contributed by atoms with E-state index in [2.05, 4.69) is 26.0 Å². The quantitative estimate of drug-likeness (QED) is 0.723. The van der Waals surface area contributed by atoms with Crippen molar-refractivity contribution < 1.29 is 0 Å². The predicted octanol–water partition coefficient (Wildman–Crippen LogP) is 4.17. The zero-order valence-corrected chi connectivity index (χ0v) is 13.0. The van der Waals surface area contributed by atoms with E-state index in [4.69, 9.17) is 4.98 Å². The number of rotatable bonds is 4. The molecule has 0 unspecified atom stereocenters. The Bertz CT molecular complexity index is 847. The van der Waals surface area contributed by atoms with Gasteiger partial charge in [0, 0.05) is 12.1 Å². The van der Waals surface area contributed by atoms with Crippen molar-refractivity contribution in [1.82, 2.24) is 9.55 Å². The van der Waals surface area contributed by atoms with Gasteiger partial charge in [-0.15, -0.1) is 0 Å². The minimum Gasteiger partial charge on any atom is -0.292 e. The van der Waals surface area contributed by atoms with Crippen LogP contribution in [0.5, 0.6) is 0 Å². The Labute approximate surface area is 130 Å². The van der Waals surface area contributed by atoms with Gasteiger partial charge in [0.05, 0.1) is 10.9 Å². The molecule has 0 radical (unpaired) electrons. The first-order valence-corrected chi connectivity index (χ1v) is 7.77. The van der Waals surface area contributed by atoms with E-state index < -0.39 is 0 Å². The van der Waals surface area contributed by atoms with Crippen molar-refractivity contribution >= 4 is 10.9 Å². The van der Waals surface area contributed by atoms with Crippen LogP contribution in [0.25, 0.3) is 22.3 Å². The van der Waals surface area contributed by atoms with Crippen LogP contribution in [0.2, 0.25) is 0 Å². The summed E-state index contributed by atoms with van der Waals surface area (Å²) in [5, 5.41) is 0.689. The molecule has 0 saturated carbocycles. The normalized spacial score (nSPS) is 11.0. The van der Waals surface area contributed by atoms with Gasteiger partial charge in [-0.3, -0.25) is 9.36 Å². The number of para-hydroxylation sites is 1. The number of unbranched alkanes of at least 4 members (excludes halogenated alkanes) is 1. The number of aryl methyl sites for hydroxylation is 1. The van der Waals surface area contributed by atoms with Crippen molar-refractivity contribution in [2.24, 2.45) is 0 Å². The van der Waals surface area contributed by atoms with Gasteiger partial charge in [-0.1, -0.05) is 55.3 Å². The minimum absolute atomic E-state index is 0.0506. The molecule has 0 atom stereocenters. The molecule has 0 saturated heterocycles. The molecule has 1 heterocycles. The molecule has 3 aromatic rings. The number of fused-ring (bicyclic) bond motifs is 1. The SMILES string of the molecule is CCCCn1c(-c2ccc(C)cc2)nc2ccccc2c1=O. The Morgan fingerprint density at radius 3 is 2.50 bits per heavy atom. The number of benzene rings is 2. The number of hydrogen-bond donors (Lipinski definition) is 0. The smallest absolute Gasteiger partial charge is 0.261 e. The van der Waals surface area contributed by atoms with Crippen LogP contribution in [-0.4, -0.2) is 9.55 Å². The molecular formula is C19H20N2O. The van der Waals surface area contributed by atoms with Gasteiger partial charge in [0.15, 0.2) is 0 Å². The van der Waals surface area contributed by atoms with Crippen molar-refractivity contribution in [3.05, 3.63) is 64.4 Å². The average molecular weight is 292 g/mol. The van der Waals surface area contributed by atoms with Crippen LogP contribution in [0.4, 0.5) is 0 Å². The fourth-order valence-electron chi connectivity index (χ4n) is 2.61. The standard InChI is InChI=1S/C19H20N2O/c1-3-4-13-21-18(15-11-9-14(2)10-12-15)20-17-8-6-5-7-16(17)19(21)22/h5-12H,3-4,13H2,1-2H3. The summed E-state index contributed by atoms with van der Waals surface area (Å²) < 4.78 is 1.82. The Hall–Kier alpha value is -2.42. The molecule has 0 aliphatic rings. The Morgan fingerprint density at radius 2 is 1.77 bits per heavy atom. The van der Waals surface area contributed by atoms with Gasteiger partial charge in [0.1, 0.15) is 5.82 Å². The number of aromatic nitrogens is 2. The Balaban J connectivity index is 2.26. The summed E-state index contributed by atoms with van der Waals surface area (Å²) in [5.74, 6) is 0.761. The lowest BCUT2D eigenvalue weighted by molar-refractivity contribution is 0.615. The zero-order valence-electron chi connectivity index (χ0n) is 13.0. The van der Waals surface area contributed by atoms with E-state index >= 15 is 0 Å². The van der Waals surface area contributed by atoms with Gasteiger partial charge in [-0.05, 0) is 25.5 Å². The summed E-state index contributed by atoms with van der Waals surface area (Å²) in [4.78, 5) is 17.6. The topological polar surface area (TPSA) is 34.9 Å². The van der Waals surface area contributed by atoms with Crippen LogP contribution >= 0.6 is 0 Å². The third-order valence-corrected chi connectivity index (χ3v) is 3.91. The summed E-state index contributed by atoms with van der Waals surface area (Å²) >= 11 is 0. The summed E-state index contributed by atoms with van der Waals surface area (Å²) in [7, 11) is 0. The van der Waals surface area contributed by atoms with Crippen molar-refractivity contribution in [3.63, 3.8) is 0 Å². The summed E-state index contributed by atoms with van der Waals surface area (Å²) in [6.45, 7) is 4.89. The van der Waals surface area contributed by atoms with E-state index in [1.807, 2.05) is 41.0 Å². The Morgan fingerprint density at radius 1 is 1.05 bits per heavy atom. The van der Waals surface area contributed by atoms with E-state index in [0.29, 0.717) is 11.9 Å². The van der Waals surface area contributed by atoms with Crippen LogP contribution < -0.4 is 5.56 Å². The van der Waals surface area contributed by atoms with Crippen LogP contribution in [-0.2, 0) is 6.54 Å². The van der Waals surface area contributed by atoms with Gasteiger partial charge in [0.25, 0.3) is 5.56 Å². The molecule has 112 valence electrons. The molecule has 0 fully saturated rings. The zero-order chi connectivity index (χ0) is 15.5. The molecule has 0 N–H and O–H groups in total. The van der Waals surface area contributed by atoms with Crippen molar-refractivity contribution in [3.8, 4) is 11.4 Å². The summed E-state index contributed by atoms with van der Waals surface area (Å²) in [6, 6.07) is 15.8. The number of nitrogens with zero attached hydrogens (tertiary/aromatic N) is 2. The molecule has 3 heteroatoms. The maximum atomic E-state index is 12.8. The fourth-order valence-corrected chi connectivity index (χ4v) is 2.61. The largest absolute Gasteiger partial charge is 0.292 e. The van der Waals surface area contributed by atoms with Crippen molar-refractivity contribution in [2.75, 3.05) is 0 Å². The van der Waals surface area contributed by atoms with Gasteiger partial charge in [-0.25, -0.2) is 4.98 Å². The van der Waals surface area contributed by atoms with Crippen molar-refractivity contribution in [2.45, 2.75) is 33.2 Å². The first kappa shape index (κ1) is 14.5. The second kappa shape index (κ2) is 6.14. The molecule has 22 heavy (non-hydrogen) atoms. The number of hydrogen-bond acceptors (Lipinski definition) is 2. The monoisotopic (exact) mass is 292 g/mol. The maximum absolute atomic E-state index is 12.8. The highest BCUT2D eigenvalue weighted by Crippen LogP contribution is 2.20. The minimum atomic E-state index is 0.0506. The molecule has 0 bridgehead atoms. The van der Waals surface area contributed by atoms with E-state index in [-0.39, 0.29) is 5.56 Å². The molecule has 0 aliphatic heterocycles. The lowest BCUT2D eigenvalue weighted by atomic mass is 10.1. The third kappa shape index (κ3) is 2.67. The lowest BCUT2D eigenvalue weighted by Gasteiger charge is -2.13. The van der Waals surface area contributed by atoms with E-state index in [9.17, 15) is 4.79 Å². The molecule has 1 aromatic heterocycles. The summed E-state index contributed by atoms with van der Waals surface area (Å²) in [5.41, 5.74) is 3.00. The van der Waals surface area contributed by atoms with Crippen LogP contribution in [0.15, 0.2) is 53.3 Å². The van der Waals surface area contributed by atoms with Crippen LogP contribution in [0, 0.1) is 6.92 Å². The second-order valence-corrected chi connectivity index (χ2v) is 5.63. The molecule has 0 amide bonds. The highest BCUT2D eigenvalue weighted by atomic mass is 16.1. The second-order valence-electron chi connectivity index (χ2n) is 5.63. The van der Waals surface area contributed by atoms with Crippen LogP contribution in [0.1, 0.15) is 25.3 Å². The van der Waals surface area contributed by atoms with Gasteiger partial charge < -0.3 is 0 Å². The molecule has 2 aromatic carbocycles. The van der Waals surface area contributed by atoms with E-state index in [0.717, 1.165) is 29.7 Å². The maximum Gasteiger partial charge on any atom is 0.261 e. The molecule has 3 nitrogen and oxygen atoms in total. The molecule has 3 rings (SSSR count). The van der Waals surface area contributed by atoms with E-state index in [1.165, 1.54) is 5.56 Å². The lowest BCUT2D eigenvalue weighted by Crippen LogP contribution is -2.23. The molecule has 0 spiro atoms. The van der Waals surface area contributed by atoms with Crippen LogP contribution in [0.3, 0.4) is 0 Å². The summed E-state index contributed by atoms with van der Waals surface area (Å²) in [6.07, 6.45) is 2.02. The third-order valence-electron chi connectivity index (χ3n) is 3.91. The van der Waals surface area contributed by atoms with Gasteiger partial charge in [-0.2, -0.15) is 0 Å². The fraction of sp³-hybridized carbons (Fsp3) is 0.263. The first-order valence-electron chi connectivity index (χ1n) is 7.77.